The van der Waals surface area contributed by atoms with E-state index in [-0.39, 0.29) is 36.0 Å². The van der Waals surface area contributed by atoms with Crippen LogP contribution in [-0.2, 0) is 25.3 Å². The van der Waals surface area contributed by atoms with Gasteiger partial charge in [-0.3, -0.25) is 4.99 Å². The van der Waals surface area contributed by atoms with Crippen molar-refractivity contribution in [2.45, 2.75) is 25.3 Å². The molecular weight excluding hydrogens is 413 g/mol. The molecule has 0 saturated heterocycles. The van der Waals surface area contributed by atoms with Crippen LogP contribution >= 0.6 is 11.3 Å². The zero-order chi connectivity index (χ0) is 20.9. The van der Waals surface area contributed by atoms with Crippen LogP contribution in [0.5, 0.6) is 0 Å². The fraction of sp³-hybridized carbons (Fsp3) is 0.375. The number of guanidine groups is 1. The lowest BCUT2D eigenvalue weighted by atomic mass is 10.1. The molecule has 2 N–H and O–H groups in total. The molecule has 12 heteroatoms. The lowest BCUT2D eigenvalue weighted by Crippen LogP contribution is -2.38. The van der Waals surface area contributed by atoms with Crippen molar-refractivity contribution in [1.29, 1.82) is 0 Å². The van der Waals surface area contributed by atoms with Crippen LogP contribution in [0.3, 0.4) is 0 Å². The highest BCUT2D eigenvalue weighted by Gasteiger charge is 2.34. The van der Waals surface area contributed by atoms with Gasteiger partial charge in [0.25, 0.3) is 0 Å². The molecule has 0 atom stereocenters. The third-order valence-electron chi connectivity index (χ3n) is 3.52. The Balaban J connectivity index is 1.91. The standard InChI is InChI=1S/C16H15F7N4S/c1-24-14(25-5-4-13-27-12(8-28-13)16(21,22)23)26-7-9-2-3-10(17)6-11(9)15(18,19)20/h2-3,6,8H,4-5,7H2,1H3,(H2,24,25,26). The van der Waals surface area contributed by atoms with Gasteiger partial charge in [-0.15, -0.1) is 11.3 Å². The monoisotopic (exact) mass is 428 g/mol. The molecule has 1 aromatic heterocycles. The van der Waals surface area contributed by atoms with Gasteiger partial charge in [-0.1, -0.05) is 6.07 Å². The van der Waals surface area contributed by atoms with Gasteiger partial charge in [0.15, 0.2) is 11.7 Å². The average molecular weight is 428 g/mol. The van der Waals surface area contributed by atoms with Gasteiger partial charge < -0.3 is 10.6 Å². The number of thiazole rings is 1. The zero-order valence-corrected chi connectivity index (χ0v) is 15.2. The van der Waals surface area contributed by atoms with Crippen molar-refractivity contribution in [1.82, 2.24) is 15.6 Å². The van der Waals surface area contributed by atoms with E-state index < -0.39 is 29.4 Å². The minimum Gasteiger partial charge on any atom is -0.356 e. The first-order valence-corrected chi connectivity index (χ1v) is 8.70. The van der Waals surface area contributed by atoms with Gasteiger partial charge in [0.2, 0.25) is 0 Å². The van der Waals surface area contributed by atoms with Crippen LogP contribution in [-0.4, -0.2) is 24.5 Å². The summed E-state index contributed by atoms with van der Waals surface area (Å²) in [6.45, 7) is -0.107. The molecule has 28 heavy (non-hydrogen) atoms. The number of nitrogens with zero attached hydrogens (tertiary/aromatic N) is 2. The minimum absolute atomic E-state index is 0.144. The molecule has 0 aliphatic rings. The number of halogens is 7. The Morgan fingerprint density at radius 1 is 1.11 bits per heavy atom. The van der Waals surface area contributed by atoms with Gasteiger partial charge >= 0.3 is 12.4 Å². The van der Waals surface area contributed by atoms with E-state index in [0.717, 1.165) is 28.8 Å². The van der Waals surface area contributed by atoms with Crippen molar-refractivity contribution < 1.29 is 30.7 Å². The van der Waals surface area contributed by atoms with Gasteiger partial charge in [-0.05, 0) is 17.7 Å². The number of benzene rings is 1. The Kier molecular flexibility index (Phi) is 6.86. The van der Waals surface area contributed by atoms with Crippen molar-refractivity contribution >= 4 is 17.3 Å². The van der Waals surface area contributed by atoms with Gasteiger partial charge in [0.1, 0.15) is 5.82 Å². The Bertz CT molecular complexity index is 827. The van der Waals surface area contributed by atoms with E-state index in [0.29, 0.717) is 6.07 Å². The number of hydrogen-bond donors (Lipinski definition) is 2. The molecule has 2 rings (SSSR count). The van der Waals surface area contributed by atoms with E-state index in [1.807, 2.05) is 0 Å². The Morgan fingerprint density at radius 3 is 2.39 bits per heavy atom. The Morgan fingerprint density at radius 2 is 1.82 bits per heavy atom. The molecule has 0 spiro atoms. The van der Waals surface area contributed by atoms with Crippen molar-refractivity contribution in [2.75, 3.05) is 13.6 Å². The molecular formula is C16H15F7N4S. The molecule has 0 amide bonds. The molecule has 0 unspecified atom stereocenters. The van der Waals surface area contributed by atoms with Crippen LogP contribution < -0.4 is 10.6 Å². The number of rotatable bonds is 5. The molecule has 154 valence electrons. The highest BCUT2D eigenvalue weighted by molar-refractivity contribution is 7.09. The third kappa shape index (κ3) is 6.08. The first-order chi connectivity index (χ1) is 13.0. The summed E-state index contributed by atoms with van der Waals surface area (Å²) < 4.78 is 89.6. The van der Waals surface area contributed by atoms with Crippen molar-refractivity contribution in [3.63, 3.8) is 0 Å². The summed E-state index contributed by atoms with van der Waals surface area (Å²) in [5.41, 5.74) is -2.24. The van der Waals surface area contributed by atoms with E-state index in [2.05, 4.69) is 20.6 Å². The van der Waals surface area contributed by atoms with Crippen molar-refractivity contribution in [3.05, 3.63) is 51.2 Å². The summed E-state index contributed by atoms with van der Waals surface area (Å²) in [7, 11) is 1.38. The van der Waals surface area contributed by atoms with Crippen LogP contribution in [0.4, 0.5) is 30.7 Å². The number of alkyl halides is 6. The normalized spacial score (nSPS) is 12.9. The van der Waals surface area contributed by atoms with Gasteiger partial charge in [0.05, 0.1) is 10.6 Å². The maximum atomic E-state index is 13.1. The quantitative estimate of drug-likeness (QED) is 0.426. The predicted molar refractivity (Wildman–Crippen MR) is 90.4 cm³/mol. The smallest absolute Gasteiger partial charge is 0.356 e. The maximum absolute atomic E-state index is 13.1. The van der Waals surface area contributed by atoms with Crippen LogP contribution in [0, 0.1) is 5.82 Å². The Hall–Kier alpha value is -2.37. The van der Waals surface area contributed by atoms with Gasteiger partial charge in [-0.25, -0.2) is 9.37 Å². The topological polar surface area (TPSA) is 49.3 Å². The van der Waals surface area contributed by atoms with E-state index in [4.69, 9.17) is 0 Å². The molecule has 4 nitrogen and oxygen atoms in total. The molecule has 1 heterocycles. The van der Waals surface area contributed by atoms with Crippen LogP contribution in [0.2, 0.25) is 0 Å². The minimum atomic E-state index is -4.71. The van der Waals surface area contributed by atoms with E-state index >= 15 is 0 Å². The summed E-state index contributed by atoms with van der Waals surface area (Å²) in [5.74, 6) is -0.856. The SMILES string of the molecule is CN=C(NCCc1nc(C(F)(F)F)cs1)NCc1ccc(F)cc1C(F)(F)F. The van der Waals surface area contributed by atoms with Crippen molar-refractivity contribution in [3.8, 4) is 0 Å². The molecule has 1 aromatic carbocycles. The summed E-state index contributed by atoms with van der Waals surface area (Å²) >= 11 is 0.860. The lowest BCUT2D eigenvalue weighted by Gasteiger charge is -2.15. The summed E-state index contributed by atoms with van der Waals surface area (Å²) in [6, 6.07) is 2.35. The second kappa shape index (κ2) is 8.76. The number of nitrogens with one attached hydrogen (secondary N) is 2. The van der Waals surface area contributed by atoms with Gasteiger partial charge in [0, 0.05) is 31.9 Å². The Labute approximate surface area is 159 Å². The fourth-order valence-corrected chi connectivity index (χ4v) is 3.01. The number of aliphatic imine (C=N–C) groups is 1. The zero-order valence-electron chi connectivity index (χ0n) is 14.4. The largest absolute Gasteiger partial charge is 0.434 e. The molecule has 0 radical (unpaired) electrons. The van der Waals surface area contributed by atoms with E-state index in [1.54, 1.807) is 0 Å². The molecule has 0 fully saturated rings. The third-order valence-corrected chi connectivity index (χ3v) is 4.43. The summed E-state index contributed by atoms with van der Waals surface area (Å²) in [4.78, 5) is 7.31. The average Bonchev–Trinajstić information content (AvgIpc) is 3.07. The van der Waals surface area contributed by atoms with Crippen LogP contribution in [0.25, 0.3) is 0 Å². The molecule has 0 saturated carbocycles. The highest BCUT2D eigenvalue weighted by atomic mass is 32.1. The van der Waals surface area contributed by atoms with E-state index in [9.17, 15) is 30.7 Å². The number of aromatic nitrogens is 1. The summed E-state index contributed by atoms with van der Waals surface area (Å²) in [6.07, 6.45) is -9.05. The van der Waals surface area contributed by atoms with Crippen LogP contribution in [0.1, 0.15) is 21.8 Å². The fourth-order valence-electron chi connectivity index (χ4n) is 2.21. The molecule has 2 aromatic rings. The maximum Gasteiger partial charge on any atom is 0.434 e. The molecule has 0 aliphatic carbocycles. The van der Waals surface area contributed by atoms with Crippen LogP contribution in [0.15, 0.2) is 28.6 Å². The second-order valence-electron chi connectivity index (χ2n) is 5.53. The summed E-state index contributed by atoms with van der Waals surface area (Å²) in [5, 5.41) is 6.60. The first kappa shape index (κ1) is 21.9. The highest BCUT2D eigenvalue weighted by Crippen LogP contribution is 2.32. The molecule has 0 aliphatic heterocycles. The first-order valence-electron chi connectivity index (χ1n) is 7.82. The van der Waals surface area contributed by atoms with Crippen molar-refractivity contribution in [2.24, 2.45) is 4.99 Å². The van der Waals surface area contributed by atoms with E-state index in [1.165, 1.54) is 7.05 Å². The predicted octanol–water partition coefficient (Wildman–Crippen LogP) is 4.23. The second-order valence-corrected chi connectivity index (χ2v) is 6.47. The lowest BCUT2D eigenvalue weighted by molar-refractivity contribution is -0.141. The number of hydrogen-bond acceptors (Lipinski definition) is 3. The van der Waals surface area contributed by atoms with Gasteiger partial charge in [-0.2, -0.15) is 26.3 Å². The molecule has 0 bridgehead atoms.